The van der Waals surface area contributed by atoms with Gasteiger partial charge in [-0.05, 0) is 69.6 Å². The molecule has 1 aromatic heterocycles. The van der Waals surface area contributed by atoms with Crippen molar-refractivity contribution < 1.29 is 9.18 Å². The first-order chi connectivity index (χ1) is 13.0. The number of rotatable bonds is 4. The summed E-state index contributed by atoms with van der Waals surface area (Å²) in [4.78, 5) is 17.4. The Morgan fingerprint density at radius 1 is 1.37 bits per heavy atom. The second kappa shape index (κ2) is 7.25. The molecule has 6 heteroatoms. The number of nitrogens with one attached hydrogen (secondary N) is 2. The van der Waals surface area contributed by atoms with E-state index in [0.717, 1.165) is 29.9 Å². The number of H-pyrrole nitrogens is 1. The highest BCUT2D eigenvalue weighted by Crippen LogP contribution is 2.39. The summed E-state index contributed by atoms with van der Waals surface area (Å²) >= 11 is 0. The first kappa shape index (κ1) is 17.9. The number of carbonyl (C=O) groups is 1. The van der Waals surface area contributed by atoms with Crippen LogP contribution in [0.5, 0.6) is 0 Å². The molecular formula is C21H25FN4O. The normalized spacial score (nSPS) is 27.6. The predicted molar refractivity (Wildman–Crippen MR) is 104 cm³/mol. The fourth-order valence-corrected chi connectivity index (χ4v) is 3.60. The zero-order valence-corrected chi connectivity index (χ0v) is 15.8. The van der Waals surface area contributed by atoms with Gasteiger partial charge in [-0.15, -0.1) is 0 Å². The second-order valence-corrected chi connectivity index (χ2v) is 7.81. The fraction of sp³-hybridized carbons (Fsp3) is 0.476. The zero-order valence-electron chi connectivity index (χ0n) is 15.8. The monoisotopic (exact) mass is 368 g/mol. The number of anilines is 1. The van der Waals surface area contributed by atoms with Crippen LogP contribution in [0.25, 0.3) is 0 Å². The highest BCUT2D eigenvalue weighted by molar-refractivity contribution is 5.99. The highest BCUT2D eigenvalue weighted by Gasteiger charge is 2.27. The number of halogens is 1. The van der Waals surface area contributed by atoms with Crippen LogP contribution in [0.4, 0.5) is 10.2 Å². The molecule has 1 unspecified atom stereocenters. The molecule has 0 aromatic carbocycles. The molecule has 142 valence electrons. The summed E-state index contributed by atoms with van der Waals surface area (Å²) in [6.45, 7) is 3.62. The SMILES string of the molecule is CC1=C\C2=NC([C@H](C)C(=O)Nc3cc(C4CC4)n[nH]3)=CC(CC/C=C\1F)C2. The Hall–Kier alpha value is -2.50. The molecule has 2 N–H and O–H groups in total. The molecule has 2 aliphatic carbocycles. The van der Waals surface area contributed by atoms with E-state index >= 15 is 0 Å². The number of carbonyl (C=O) groups excluding carboxylic acids is 1. The minimum Gasteiger partial charge on any atom is -0.311 e. The van der Waals surface area contributed by atoms with Crippen LogP contribution in [0.15, 0.2) is 46.4 Å². The van der Waals surface area contributed by atoms with Crippen LogP contribution in [0.3, 0.4) is 0 Å². The van der Waals surface area contributed by atoms with Crippen molar-refractivity contribution in [1.82, 2.24) is 10.2 Å². The van der Waals surface area contributed by atoms with Crippen molar-refractivity contribution in [2.45, 2.75) is 51.9 Å². The average Bonchev–Trinajstić information content (AvgIpc) is 3.39. The molecule has 1 aliphatic heterocycles. The van der Waals surface area contributed by atoms with E-state index in [1.165, 1.54) is 12.8 Å². The van der Waals surface area contributed by atoms with E-state index in [9.17, 15) is 9.18 Å². The molecule has 1 saturated carbocycles. The molecule has 4 rings (SSSR count). The number of aromatic nitrogens is 2. The maximum absolute atomic E-state index is 14.0. The summed E-state index contributed by atoms with van der Waals surface area (Å²) in [7, 11) is 0. The lowest BCUT2D eigenvalue weighted by atomic mass is 9.90. The molecule has 5 nitrogen and oxygen atoms in total. The van der Waals surface area contributed by atoms with Crippen molar-refractivity contribution in [2.75, 3.05) is 5.32 Å². The standard InChI is InChI=1S/C21H25FN4O/c1-12-8-16-9-14(4-3-5-17(12)22)10-18(23-16)13(2)21(27)24-20-11-19(25-26-20)15-6-7-15/h5,8,10-11,13-15H,3-4,6-7,9H2,1-2H3,(H2,24,25,26,27)/b12-8+,17-5+/t13-,14?/m0/s1. The molecule has 0 saturated heterocycles. The van der Waals surface area contributed by atoms with Gasteiger partial charge in [-0.3, -0.25) is 14.9 Å². The lowest BCUT2D eigenvalue weighted by Gasteiger charge is -2.22. The van der Waals surface area contributed by atoms with E-state index in [0.29, 0.717) is 23.7 Å². The molecule has 27 heavy (non-hydrogen) atoms. The highest BCUT2D eigenvalue weighted by atomic mass is 19.1. The third kappa shape index (κ3) is 4.10. The molecule has 2 heterocycles. The van der Waals surface area contributed by atoms with Crippen LogP contribution in [0.1, 0.15) is 57.6 Å². The van der Waals surface area contributed by atoms with Gasteiger partial charge in [-0.2, -0.15) is 5.10 Å². The van der Waals surface area contributed by atoms with Gasteiger partial charge in [0.1, 0.15) is 11.6 Å². The van der Waals surface area contributed by atoms with Gasteiger partial charge in [-0.25, -0.2) is 4.39 Å². The van der Waals surface area contributed by atoms with Crippen molar-refractivity contribution in [1.29, 1.82) is 0 Å². The summed E-state index contributed by atoms with van der Waals surface area (Å²) in [6, 6.07) is 1.91. The van der Waals surface area contributed by atoms with Crippen LogP contribution in [-0.4, -0.2) is 21.8 Å². The summed E-state index contributed by atoms with van der Waals surface area (Å²) in [5.41, 5.74) is 3.21. The van der Waals surface area contributed by atoms with Crippen molar-refractivity contribution >= 4 is 17.4 Å². The molecular weight excluding hydrogens is 343 g/mol. The van der Waals surface area contributed by atoms with Crippen LogP contribution in [-0.2, 0) is 4.79 Å². The Kier molecular flexibility index (Phi) is 4.81. The van der Waals surface area contributed by atoms with Crippen molar-refractivity contribution in [2.24, 2.45) is 16.8 Å². The number of hydrogen-bond donors (Lipinski definition) is 2. The van der Waals surface area contributed by atoms with E-state index in [1.54, 1.807) is 19.1 Å². The summed E-state index contributed by atoms with van der Waals surface area (Å²) in [6.07, 6.45) is 10.2. The summed E-state index contributed by atoms with van der Waals surface area (Å²) < 4.78 is 14.0. The van der Waals surface area contributed by atoms with Gasteiger partial charge in [0, 0.05) is 23.4 Å². The Morgan fingerprint density at radius 3 is 2.96 bits per heavy atom. The van der Waals surface area contributed by atoms with Crippen LogP contribution >= 0.6 is 0 Å². The fourth-order valence-electron chi connectivity index (χ4n) is 3.60. The smallest absolute Gasteiger partial charge is 0.234 e. The van der Waals surface area contributed by atoms with Crippen molar-refractivity contribution in [3.05, 3.63) is 47.1 Å². The van der Waals surface area contributed by atoms with E-state index in [2.05, 4.69) is 26.6 Å². The number of aliphatic imine (C=N–C) groups is 1. The Morgan fingerprint density at radius 2 is 2.19 bits per heavy atom. The molecule has 2 atom stereocenters. The molecule has 1 fully saturated rings. The number of fused-ring (bicyclic) bond motifs is 2. The second-order valence-electron chi connectivity index (χ2n) is 7.81. The maximum Gasteiger partial charge on any atom is 0.234 e. The number of aromatic amines is 1. The third-order valence-electron chi connectivity index (χ3n) is 5.46. The topological polar surface area (TPSA) is 70.1 Å². The lowest BCUT2D eigenvalue weighted by Crippen LogP contribution is -2.24. The zero-order chi connectivity index (χ0) is 19.0. The third-order valence-corrected chi connectivity index (χ3v) is 5.46. The van der Waals surface area contributed by atoms with Gasteiger partial charge in [0.2, 0.25) is 5.91 Å². The molecule has 0 radical (unpaired) electrons. The van der Waals surface area contributed by atoms with Gasteiger partial charge in [0.15, 0.2) is 0 Å². The average molecular weight is 368 g/mol. The number of amides is 1. The molecule has 2 bridgehead atoms. The summed E-state index contributed by atoms with van der Waals surface area (Å²) in [5.74, 6) is 0.770. The van der Waals surface area contributed by atoms with Gasteiger partial charge in [-0.1, -0.05) is 6.08 Å². The minimum atomic E-state index is -0.386. The first-order valence-corrected chi connectivity index (χ1v) is 9.69. The molecule has 0 spiro atoms. The number of nitrogens with zero attached hydrogens (tertiary/aromatic N) is 2. The van der Waals surface area contributed by atoms with Gasteiger partial charge < -0.3 is 5.32 Å². The Labute approximate surface area is 158 Å². The summed E-state index contributed by atoms with van der Waals surface area (Å²) in [5, 5.41) is 10.1. The molecule has 1 aromatic rings. The van der Waals surface area contributed by atoms with Gasteiger partial charge >= 0.3 is 0 Å². The number of hydrogen-bond acceptors (Lipinski definition) is 3. The van der Waals surface area contributed by atoms with Crippen molar-refractivity contribution in [3.8, 4) is 0 Å². The quantitative estimate of drug-likeness (QED) is 0.801. The molecule has 1 amide bonds. The van der Waals surface area contributed by atoms with E-state index in [4.69, 9.17) is 0 Å². The lowest BCUT2D eigenvalue weighted by molar-refractivity contribution is -0.118. The Balaban J connectivity index is 1.50. The largest absolute Gasteiger partial charge is 0.311 e. The van der Waals surface area contributed by atoms with Crippen LogP contribution in [0.2, 0.25) is 0 Å². The maximum atomic E-state index is 14.0. The Bertz CT molecular complexity index is 872. The first-order valence-electron chi connectivity index (χ1n) is 9.69. The number of allylic oxidation sites excluding steroid dienone is 5. The van der Waals surface area contributed by atoms with Gasteiger partial charge in [0.25, 0.3) is 0 Å². The minimum absolute atomic E-state index is 0.115. The van der Waals surface area contributed by atoms with Crippen LogP contribution in [0, 0.1) is 11.8 Å². The van der Waals surface area contributed by atoms with Gasteiger partial charge in [0.05, 0.1) is 11.6 Å². The van der Waals surface area contributed by atoms with E-state index in [-0.39, 0.29) is 23.6 Å². The predicted octanol–water partition coefficient (Wildman–Crippen LogP) is 4.80. The van der Waals surface area contributed by atoms with Crippen LogP contribution < -0.4 is 5.32 Å². The molecule has 3 aliphatic rings. The van der Waals surface area contributed by atoms with E-state index in [1.807, 2.05) is 13.0 Å². The van der Waals surface area contributed by atoms with Crippen molar-refractivity contribution in [3.63, 3.8) is 0 Å². The van der Waals surface area contributed by atoms with E-state index < -0.39 is 0 Å².